The minimum Gasteiger partial charge on any atom is -0.355 e. The van der Waals surface area contributed by atoms with Crippen molar-refractivity contribution in [1.82, 2.24) is 4.98 Å². The van der Waals surface area contributed by atoms with Gasteiger partial charge in [-0.25, -0.2) is 0 Å². The highest BCUT2D eigenvalue weighted by Gasteiger charge is 2.07. The summed E-state index contributed by atoms with van der Waals surface area (Å²) in [5.74, 6) is 0.485. The highest BCUT2D eigenvalue weighted by molar-refractivity contribution is 5.85. The number of allylic oxidation sites excluding steroid dienone is 1. The van der Waals surface area contributed by atoms with E-state index in [1.165, 1.54) is 22.0 Å². The van der Waals surface area contributed by atoms with Crippen LogP contribution in [0.3, 0.4) is 0 Å². The van der Waals surface area contributed by atoms with Crippen LogP contribution in [0.4, 0.5) is 0 Å². The van der Waals surface area contributed by atoms with E-state index in [-0.39, 0.29) is 0 Å². The van der Waals surface area contributed by atoms with Gasteiger partial charge in [-0.1, -0.05) is 32.1 Å². The molecule has 1 heterocycles. The van der Waals surface area contributed by atoms with Gasteiger partial charge in [-0.15, -0.1) is 0 Å². The summed E-state index contributed by atoms with van der Waals surface area (Å²) < 4.78 is 0. The second-order valence-corrected chi connectivity index (χ2v) is 4.45. The lowest BCUT2D eigenvalue weighted by Gasteiger charge is -2.05. The molecule has 0 spiro atoms. The number of hydrogen-bond donors (Lipinski definition) is 1. The number of benzene rings is 1. The molecule has 0 bridgehead atoms. The molecule has 0 amide bonds. The number of aryl methyl sites for hydroxylation is 1. The van der Waals surface area contributed by atoms with Gasteiger partial charge < -0.3 is 4.98 Å². The second-order valence-electron chi connectivity index (χ2n) is 4.45. The summed E-state index contributed by atoms with van der Waals surface area (Å²) in [7, 11) is 0. The predicted molar refractivity (Wildman–Crippen MR) is 66.9 cm³/mol. The van der Waals surface area contributed by atoms with E-state index < -0.39 is 0 Å². The Balaban J connectivity index is 2.52. The molecule has 1 heteroatoms. The van der Waals surface area contributed by atoms with Crippen LogP contribution in [-0.4, -0.2) is 4.98 Å². The Labute approximate surface area is 90.8 Å². The quantitative estimate of drug-likeness (QED) is 0.748. The molecule has 1 nitrogen and oxygen atoms in total. The third-order valence-electron chi connectivity index (χ3n) is 2.82. The van der Waals surface area contributed by atoms with E-state index in [4.69, 9.17) is 0 Å². The predicted octanol–water partition coefficient (Wildman–Crippen LogP) is 4.15. The lowest BCUT2D eigenvalue weighted by molar-refractivity contribution is 0.853. The van der Waals surface area contributed by atoms with Gasteiger partial charge in [-0.05, 0) is 36.6 Å². The molecule has 1 aromatic heterocycles. The van der Waals surface area contributed by atoms with Gasteiger partial charge in [0, 0.05) is 16.6 Å². The van der Waals surface area contributed by atoms with Crippen molar-refractivity contribution in [2.75, 3.05) is 0 Å². The van der Waals surface area contributed by atoms with Crippen LogP contribution in [0, 0.1) is 12.8 Å². The van der Waals surface area contributed by atoms with Gasteiger partial charge in [0.15, 0.2) is 0 Å². The molecule has 0 aliphatic heterocycles. The second kappa shape index (κ2) is 3.58. The normalized spacial score (nSPS) is 11.2. The molecule has 2 aromatic rings. The molecule has 0 unspecified atom stereocenters. The monoisotopic (exact) mass is 199 g/mol. The minimum absolute atomic E-state index is 0.485. The van der Waals surface area contributed by atoms with Crippen molar-refractivity contribution in [1.29, 1.82) is 0 Å². The Bertz CT molecular complexity index is 503. The van der Waals surface area contributed by atoms with E-state index >= 15 is 0 Å². The summed E-state index contributed by atoms with van der Waals surface area (Å²) in [6, 6.07) is 8.64. The van der Waals surface area contributed by atoms with Crippen LogP contribution >= 0.6 is 0 Å². The maximum Gasteiger partial charge on any atom is 0.0458 e. The highest BCUT2D eigenvalue weighted by atomic mass is 14.7. The van der Waals surface area contributed by atoms with Crippen molar-refractivity contribution in [2.45, 2.75) is 20.8 Å². The fourth-order valence-corrected chi connectivity index (χ4v) is 1.74. The molecule has 78 valence electrons. The first-order valence-corrected chi connectivity index (χ1v) is 5.36. The summed E-state index contributed by atoms with van der Waals surface area (Å²) in [6.07, 6.45) is 0. The minimum atomic E-state index is 0.485. The molecule has 0 aliphatic rings. The summed E-state index contributed by atoms with van der Waals surface area (Å²) in [6.45, 7) is 10.6. The molecule has 0 radical (unpaired) electrons. The average Bonchev–Trinajstić information content (AvgIpc) is 2.58. The molecule has 0 saturated heterocycles. The fraction of sp³-hybridized carbons (Fsp3) is 0.286. The number of nitrogens with one attached hydrogen (secondary N) is 1. The van der Waals surface area contributed by atoms with Crippen LogP contribution in [-0.2, 0) is 0 Å². The molecular weight excluding hydrogens is 182 g/mol. The number of aromatic amines is 1. The van der Waals surface area contributed by atoms with Crippen LogP contribution in [0.1, 0.15) is 25.1 Å². The molecule has 2 rings (SSSR count). The lowest BCUT2D eigenvalue weighted by atomic mass is 10.0. The van der Waals surface area contributed by atoms with E-state index in [9.17, 15) is 0 Å². The maximum atomic E-state index is 4.11. The molecule has 1 aromatic carbocycles. The number of rotatable bonds is 2. The largest absolute Gasteiger partial charge is 0.355 e. The Morgan fingerprint density at radius 3 is 2.67 bits per heavy atom. The number of fused-ring (bicyclic) bond motifs is 1. The van der Waals surface area contributed by atoms with Gasteiger partial charge in [-0.2, -0.15) is 0 Å². The molecule has 1 N–H and O–H groups in total. The fourth-order valence-electron chi connectivity index (χ4n) is 1.74. The molecular formula is C14H17N. The average molecular weight is 199 g/mol. The zero-order valence-corrected chi connectivity index (χ0v) is 9.59. The first-order chi connectivity index (χ1) is 7.08. The third kappa shape index (κ3) is 1.82. The Hall–Kier alpha value is -1.50. The smallest absolute Gasteiger partial charge is 0.0458 e. The van der Waals surface area contributed by atoms with E-state index in [1.54, 1.807) is 0 Å². The molecule has 15 heavy (non-hydrogen) atoms. The molecule has 0 fully saturated rings. The number of aromatic nitrogens is 1. The summed E-state index contributed by atoms with van der Waals surface area (Å²) in [4.78, 5) is 3.40. The Morgan fingerprint density at radius 1 is 1.27 bits per heavy atom. The molecule has 0 atom stereocenters. The van der Waals surface area contributed by atoms with Crippen molar-refractivity contribution in [3.8, 4) is 0 Å². The van der Waals surface area contributed by atoms with Crippen LogP contribution in [0.15, 0.2) is 30.8 Å². The van der Waals surface area contributed by atoms with Crippen LogP contribution in [0.2, 0.25) is 0 Å². The van der Waals surface area contributed by atoms with E-state index in [0.29, 0.717) is 5.92 Å². The van der Waals surface area contributed by atoms with Crippen LogP contribution < -0.4 is 0 Å². The van der Waals surface area contributed by atoms with Crippen LogP contribution in [0.25, 0.3) is 16.5 Å². The molecule has 0 saturated carbocycles. The van der Waals surface area contributed by atoms with E-state index in [2.05, 4.69) is 56.6 Å². The van der Waals surface area contributed by atoms with Gasteiger partial charge >= 0.3 is 0 Å². The van der Waals surface area contributed by atoms with Crippen LogP contribution in [0.5, 0.6) is 0 Å². The zero-order valence-electron chi connectivity index (χ0n) is 9.59. The van der Waals surface area contributed by atoms with Crippen molar-refractivity contribution in [3.05, 3.63) is 42.1 Å². The van der Waals surface area contributed by atoms with Gasteiger partial charge in [-0.3, -0.25) is 0 Å². The number of H-pyrrole nitrogens is 1. The Kier molecular flexibility index (Phi) is 2.39. The van der Waals surface area contributed by atoms with E-state index in [1.807, 2.05) is 0 Å². The van der Waals surface area contributed by atoms with Crippen molar-refractivity contribution in [3.63, 3.8) is 0 Å². The van der Waals surface area contributed by atoms with Crippen molar-refractivity contribution >= 4 is 16.5 Å². The van der Waals surface area contributed by atoms with Gasteiger partial charge in [0.05, 0.1) is 0 Å². The SMILES string of the molecule is C=C(c1cc2cc(C)ccc2[nH]1)C(C)C. The summed E-state index contributed by atoms with van der Waals surface area (Å²) >= 11 is 0. The lowest BCUT2D eigenvalue weighted by Crippen LogP contribution is -1.91. The summed E-state index contributed by atoms with van der Waals surface area (Å²) in [5, 5.41) is 1.27. The van der Waals surface area contributed by atoms with Gasteiger partial charge in [0.25, 0.3) is 0 Å². The topological polar surface area (TPSA) is 15.8 Å². The number of hydrogen-bond acceptors (Lipinski definition) is 0. The maximum absolute atomic E-state index is 4.11. The van der Waals surface area contributed by atoms with Gasteiger partial charge in [0.1, 0.15) is 0 Å². The third-order valence-corrected chi connectivity index (χ3v) is 2.82. The van der Waals surface area contributed by atoms with Crippen molar-refractivity contribution < 1.29 is 0 Å². The van der Waals surface area contributed by atoms with Gasteiger partial charge in [0.2, 0.25) is 0 Å². The first kappa shape index (κ1) is 10.0. The standard InChI is InChI=1S/C14H17N/c1-9(2)11(4)14-8-12-7-10(3)5-6-13(12)15-14/h5-9,15H,4H2,1-3H3. The zero-order chi connectivity index (χ0) is 11.0. The highest BCUT2D eigenvalue weighted by Crippen LogP contribution is 2.25. The summed E-state index contributed by atoms with van der Waals surface area (Å²) in [5.41, 5.74) is 4.81. The first-order valence-electron chi connectivity index (χ1n) is 5.36. The van der Waals surface area contributed by atoms with Crippen molar-refractivity contribution in [2.24, 2.45) is 5.92 Å². The van der Waals surface area contributed by atoms with E-state index in [0.717, 1.165) is 5.69 Å². The molecule has 0 aliphatic carbocycles. The Morgan fingerprint density at radius 2 is 2.00 bits per heavy atom.